The standard InChI is InChI=1S/C36H40ClN3O5S/c1-5-45-34-17-10-9-16-32(34)40(46(43,44)31-20-18-30(37)19-21-31)25-35(41)39(24-29-15-11-12-27(4)22-29)33(36(42)38-26(2)3)23-28-13-7-6-8-14-28/h6-22,26,33H,5,23-25H2,1-4H3,(H,38,42)/t33-/m1/s1. The fourth-order valence-corrected chi connectivity index (χ4v) is 6.68. The number of para-hydroxylation sites is 2. The van der Waals surface area contributed by atoms with E-state index in [1.54, 1.807) is 31.2 Å². The van der Waals surface area contributed by atoms with E-state index in [9.17, 15) is 18.0 Å². The van der Waals surface area contributed by atoms with Gasteiger partial charge < -0.3 is 15.0 Å². The van der Waals surface area contributed by atoms with Gasteiger partial charge in [0.05, 0.1) is 17.2 Å². The van der Waals surface area contributed by atoms with Crippen molar-refractivity contribution in [2.45, 2.75) is 57.6 Å². The molecule has 4 aromatic carbocycles. The first-order valence-corrected chi connectivity index (χ1v) is 17.0. The molecule has 0 saturated heterocycles. The van der Waals surface area contributed by atoms with Crippen molar-refractivity contribution in [3.63, 3.8) is 0 Å². The number of aryl methyl sites for hydroxylation is 1. The topological polar surface area (TPSA) is 96.0 Å². The molecule has 46 heavy (non-hydrogen) atoms. The monoisotopic (exact) mass is 661 g/mol. The molecule has 0 radical (unpaired) electrons. The van der Waals surface area contributed by atoms with Gasteiger partial charge in [-0.2, -0.15) is 0 Å². The average molecular weight is 662 g/mol. The molecule has 0 spiro atoms. The minimum Gasteiger partial charge on any atom is -0.492 e. The number of amides is 2. The summed E-state index contributed by atoms with van der Waals surface area (Å²) < 4.78 is 35.4. The Morgan fingerprint density at radius 2 is 1.52 bits per heavy atom. The van der Waals surface area contributed by atoms with E-state index in [0.717, 1.165) is 21.0 Å². The van der Waals surface area contributed by atoms with E-state index in [1.807, 2.05) is 75.4 Å². The maximum Gasteiger partial charge on any atom is 0.264 e. The first-order chi connectivity index (χ1) is 22.0. The molecule has 0 aromatic heterocycles. The number of anilines is 1. The third-order valence-corrected chi connectivity index (χ3v) is 9.28. The summed E-state index contributed by atoms with van der Waals surface area (Å²) in [6.07, 6.45) is 0.233. The van der Waals surface area contributed by atoms with Gasteiger partial charge in [-0.1, -0.05) is 83.9 Å². The van der Waals surface area contributed by atoms with Gasteiger partial charge in [0.25, 0.3) is 10.0 Å². The van der Waals surface area contributed by atoms with Gasteiger partial charge in [-0.15, -0.1) is 0 Å². The fourth-order valence-electron chi connectivity index (χ4n) is 5.13. The molecule has 8 nitrogen and oxygen atoms in total. The van der Waals surface area contributed by atoms with Crippen LogP contribution in [0.3, 0.4) is 0 Å². The minimum absolute atomic E-state index is 0.0420. The van der Waals surface area contributed by atoms with E-state index < -0.39 is 28.5 Å². The van der Waals surface area contributed by atoms with Crippen LogP contribution in [0.4, 0.5) is 5.69 Å². The van der Waals surface area contributed by atoms with Gasteiger partial charge in [-0.3, -0.25) is 13.9 Å². The Morgan fingerprint density at radius 3 is 2.17 bits per heavy atom. The van der Waals surface area contributed by atoms with E-state index in [1.165, 1.54) is 29.2 Å². The van der Waals surface area contributed by atoms with Gasteiger partial charge in [0.1, 0.15) is 18.3 Å². The Hall–Kier alpha value is -4.34. The molecule has 2 amide bonds. The quantitative estimate of drug-likeness (QED) is 0.169. The highest BCUT2D eigenvalue weighted by Gasteiger charge is 2.35. The molecule has 0 fully saturated rings. The van der Waals surface area contributed by atoms with E-state index in [2.05, 4.69) is 5.32 Å². The Balaban J connectivity index is 1.84. The Bertz CT molecular complexity index is 1730. The number of sulfonamides is 1. The number of benzene rings is 4. The second-order valence-electron chi connectivity index (χ2n) is 11.2. The highest BCUT2D eigenvalue weighted by atomic mass is 35.5. The van der Waals surface area contributed by atoms with E-state index >= 15 is 0 Å². The molecule has 4 rings (SSSR count). The highest BCUT2D eigenvalue weighted by molar-refractivity contribution is 7.92. The third-order valence-electron chi connectivity index (χ3n) is 7.25. The van der Waals surface area contributed by atoms with E-state index in [0.29, 0.717) is 10.8 Å². The molecule has 1 N–H and O–H groups in total. The lowest BCUT2D eigenvalue weighted by molar-refractivity contribution is -0.140. The van der Waals surface area contributed by atoms with Gasteiger partial charge in [-0.25, -0.2) is 8.42 Å². The lowest BCUT2D eigenvalue weighted by Crippen LogP contribution is -2.54. The van der Waals surface area contributed by atoms with Crippen molar-refractivity contribution in [3.8, 4) is 5.75 Å². The van der Waals surface area contributed by atoms with Gasteiger partial charge in [-0.05, 0) is 75.2 Å². The average Bonchev–Trinajstić information content (AvgIpc) is 3.02. The summed E-state index contributed by atoms with van der Waals surface area (Å²) in [4.78, 5) is 29.9. The van der Waals surface area contributed by atoms with Crippen LogP contribution < -0.4 is 14.4 Å². The molecule has 0 unspecified atom stereocenters. The summed E-state index contributed by atoms with van der Waals surface area (Å²) in [5, 5.41) is 3.35. The number of ether oxygens (including phenoxy) is 1. The Kier molecular flexibility index (Phi) is 11.8. The van der Waals surface area contributed by atoms with Crippen LogP contribution in [0.25, 0.3) is 0 Å². The smallest absolute Gasteiger partial charge is 0.264 e. The van der Waals surface area contributed by atoms with Crippen molar-refractivity contribution in [1.29, 1.82) is 0 Å². The van der Waals surface area contributed by atoms with Crippen LogP contribution in [0.15, 0.2) is 108 Å². The lowest BCUT2D eigenvalue weighted by Gasteiger charge is -2.34. The number of nitrogens with one attached hydrogen (secondary N) is 1. The second-order valence-corrected chi connectivity index (χ2v) is 13.5. The summed E-state index contributed by atoms with van der Waals surface area (Å²) in [6, 6.07) is 28.5. The third kappa shape index (κ3) is 8.89. The molecule has 1 atom stereocenters. The molecule has 4 aromatic rings. The molecule has 0 heterocycles. The fraction of sp³-hybridized carbons (Fsp3) is 0.278. The van der Waals surface area contributed by atoms with Crippen LogP contribution in [-0.2, 0) is 32.6 Å². The predicted molar refractivity (Wildman–Crippen MR) is 183 cm³/mol. The number of hydrogen-bond acceptors (Lipinski definition) is 5. The van der Waals surface area contributed by atoms with Gasteiger partial charge in [0.2, 0.25) is 11.8 Å². The maximum absolute atomic E-state index is 14.6. The van der Waals surface area contributed by atoms with Crippen molar-refractivity contribution >= 4 is 39.1 Å². The number of nitrogens with zero attached hydrogens (tertiary/aromatic N) is 2. The molecule has 0 aliphatic rings. The summed E-state index contributed by atoms with van der Waals surface area (Å²) >= 11 is 6.08. The Morgan fingerprint density at radius 1 is 0.870 bits per heavy atom. The van der Waals surface area contributed by atoms with Crippen molar-refractivity contribution in [1.82, 2.24) is 10.2 Å². The van der Waals surface area contributed by atoms with Crippen LogP contribution in [0.2, 0.25) is 5.02 Å². The van der Waals surface area contributed by atoms with Crippen molar-refractivity contribution in [3.05, 3.63) is 125 Å². The normalized spacial score (nSPS) is 12.0. The Labute approximate surface area is 277 Å². The number of rotatable bonds is 14. The summed E-state index contributed by atoms with van der Waals surface area (Å²) in [7, 11) is -4.30. The van der Waals surface area contributed by atoms with Gasteiger partial charge >= 0.3 is 0 Å². The summed E-state index contributed by atoms with van der Waals surface area (Å²) in [5.41, 5.74) is 2.87. The molecule has 0 aliphatic carbocycles. The van der Waals surface area contributed by atoms with Crippen molar-refractivity contribution in [2.75, 3.05) is 17.5 Å². The highest BCUT2D eigenvalue weighted by Crippen LogP contribution is 2.33. The molecule has 0 bridgehead atoms. The molecule has 242 valence electrons. The number of hydrogen-bond donors (Lipinski definition) is 1. The predicted octanol–water partition coefficient (Wildman–Crippen LogP) is 6.41. The van der Waals surface area contributed by atoms with Crippen molar-refractivity contribution < 1.29 is 22.7 Å². The number of carbonyl (C=O) groups is 2. The number of carbonyl (C=O) groups excluding carboxylic acids is 2. The maximum atomic E-state index is 14.6. The molecule has 10 heteroatoms. The SMILES string of the molecule is CCOc1ccccc1N(CC(=O)N(Cc1cccc(C)c1)[C@H](Cc1ccccc1)C(=O)NC(C)C)S(=O)(=O)c1ccc(Cl)cc1. The second kappa shape index (κ2) is 15.8. The van der Waals surface area contributed by atoms with Gasteiger partial charge in [0, 0.05) is 24.0 Å². The van der Waals surface area contributed by atoms with Crippen LogP contribution in [0, 0.1) is 6.92 Å². The zero-order valence-electron chi connectivity index (χ0n) is 26.5. The van der Waals surface area contributed by atoms with E-state index in [-0.39, 0.29) is 42.1 Å². The van der Waals surface area contributed by atoms with Crippen molar-refractivity contribution in [2.24, 2.45) is 0 Å². The van der Waals surface area contributed by atoms with Crippen LogP contribution >= 0.6 is 11.6 Å². The minimum atomic E-state index is -4.30. The van der Waals surface area contributed by atoms with Gasteiger partial charge in [0.15, 0.2) is 0 Å². The van der Waals surface area contributed by atoms with Crippen LogP contribution in [-0.4, -0.2) is 50.4 Å². The van der Waals surface area contributed by atoms with Crippen LogP contribution in [0.1, 0.15) is 37.5 Å². The summed E-state index contributed by atoms with van der Waals surface area (Å²) in [5.74, 6) is -0.578. The molecule has 0 saturated carbocycles. The zero-order valence-corrected chi connectivity index (χ0v) is 28.1. The molecule has 0 aliphatic heterocycles. The number of halogens is 1. The first-order valence-electron chi connectivity index (χ1n) is 15.2. The largest absolute Gasteiger partial charge is 0.492 e. The summed E-state index contributed by atoms with van der Waals surface area (Å²) in [6.45, 7) is 7.25. The lowest BCUT2D eigenvalue weighted by atomic mass is 10.0. The van der Waals surface area contributed by atoms with E-state index in [4.69, 9.17) is 16.3 Å². The first kappa shape index (κ1) is 34.5. The molecular formula is C36H40ClN3O5S. The van der Waals surface area contributed by atoms with Crippen LogP contribution in [0.5, 0.6) is 5.75 Å². The zero-order chi connectivity index (χ0) is 33.3. The molecular weight excluding hydrogens is 622 g/mol.